The molecule has 0 fully saturated rings. The van der Waals surface area contributed by atoms with Crippen molar-refractivity contribution in [2.75, 3.05) is 18.1 Å². The second-order valence-electron chi connectivity index (χ2n) is 8.17. The number of pyridine rings is 1. The number of fused-ring (bicyclic) bond motifs is 2. The van der Waals surface area contributed by atoms with E-state index >= 15 is 0 Å². The number of nitrogens with one attached hydrogen (secondary N) is 1. The molecule has 5 rings (SSSR count). The van der Waals surface area contributed by atoms with Crippen LogP contribution >= 0.6 is 11.3 Å². The SMILES string of the molecule is CN1C(N)=N[C@](C)(c2csc3ccc(NC(=O)c4ccc5ccccc5n4)cc23)CS1(=O)=O. The Hall–Kier alpha value is -3.50. The average Bonchev–Trinajstić information content (AvgIpc) is 3.21. The van der Waals surface area contributed by atoms with E-state index in [-0.39, 0.29) is 17.6 Å². The Morgan fingerprint density at radius 1 is 1.18 bits per heavy atom. The van der Waals surface area contributed by atoms with Gasteiger partial charge in [0.05, 0.1) is 11.3 Å². The Balaban J connectivity index is 1.50. The number of guanidine groups is 1. The van der Waals surface area contributed by atoms with Crippen LogP contribution in [0.25, 0.3) is 21.0 Å². The van der Waals surface area contributed by atoms with E-state index in [1.165, 1.54) is 18.4 Å². The Morgan fingerprint density at radius 2 is 1.97 bits per heavy atom. The van der Waals surface area contributed by atoms with Gasteiger partial charge in [0.25, 0.3) is 5.91 Å². The molecule has 10 heteroatoms. The Morgan fingerprint density at radius 3 is 2.76 bits per heavy atom. The molecule has 0 saturated carbocycles. The van der Waals surface area contributed by atoms with Crippen molar-refractivity contribution in [2.24, 2.45) is 10.7 Å². The summed E-state index contributed by atoms with van der Waals surface area (Å²) in [6, 6.07) is 16.7. The predicted octanol–water partition coefficient (Wildman–Crippen LogP) is 3.51. The summed E-state index contributed by atoms with van der Waals surface area (Å²) in [6.45, 7) is 1.76. The molecule has 2 aromatic carbocycles. The molecule has 0 unspecified atom stereocenters. The van der Waals surface area contributed by atoms with E-state index in [1.807, 2.05) is 53.9 Å². The van der Waals surface area contributed by atoms with Crippen LogP contribution in [-0.4, -0.2) is 42.4 Å². The van der Waals surface area contributed by atoms with Crippen molar-refractivity contribution in [2.45, 2.75) is 12.5 Å². The number of carbonyl (C=O) groups excluding carboxylic acids is 1. The first-order valence-corrected chi connectivity index (χ1v) is 12.7. The summed E-state index contributed by atoms with van der Waals surface area (Å²) in [5.41, 5.74) is 7.27. The molecular formula is C23H21N5O3S2. The number of benzene rings is 2. The summed E-state index contributed by atoms with van der Waals surface area (Å²) in [5.74, 6) is -0.567. The van der Waals surface area contributed by atoms with Crippen molar-refractivity contribution in [3.05, 3.63) is 71.2 Å². The molecule has 1 amide bonds. The molecule has 0 saturated heterocycles. The maximum Gasteiger partial charge on any atom is 0.274 e. The van der Waals surface area contributed by atoms with Crippen LogP contribution in [0.4, 0.5) is 5.69 Å². The smallest absolute Gasteiger partial charge is 0.274 e. The second-order valence-corrected chi connectivity index (χ2v) is 11.1. The van der Waals surface area contributed by atoms with Gasteiger partial charge in [0.1, 0.15) is 11.2 Å². The first-order valence-electron chi connectivity index (χ1n) is 10.2. The van der Waals surface area contributed by atoms with Crippen LogP contribution in [0.3, 0.4) is 0 Å². The van der Waals surface area contributed by atoms with Crippen molar-refractivity contribution >= 4 is 59.9 Å². The molecule has 33 heavy (non-hydrogen) atoms. The lowest BCUT2D eigenvalue weighted by Crippen LogP contribution is -2.50. The fourth-order valence-electron chi connectivity index (χ4n) is 4.00. The van der Waals surface area contributed by atoms with Gasteiger partial charge in [-0.2, -0.15) is 0 Å². The molecule has 0 radical (unpaired) electrons. The third kappa shape index (κ3) is 3.70. The number of carbonyl (C=O) groups is 1. The Bertz CT molecular complexity index is 1560. The van der Waals surface area contributed by atoms with E-state index in [0.29, 0.717) is 11.4 Å². The van der Waals surface area contributed by atoms with E-state index in [0.717, 1.165) is 30.9 Å². The molecule has 3 heterocycles. The van der Waals surface area contributed by atoms with Gasteiger partial charge < -0.3 is 11.1 Å². The number of aromatic nitrogens is 1. The minimum absolute atomic E-state index is 0.0464. The van der Waals surface area contributed by atoms with Gasteiger partial charge in [-0.05, 0) is 48.2 Å². The van der Waals surface area contributed by atoms with Gasteiger partial charge in [0.2, 0.25) is 16.0 Å². The van der Waals surface area contributed by atoms with Crippen molar-refractivity contribution < 1.29 is 13.2 Å². The first-order chi connectivity index (χ1) is 15.7. The van der Waals surface area contributed by atoms with E-state index in [4.69, 9.17) is 5.73 Å². The first kappa shape index (κ1) is 21.4. The summed E-state index contributed by atoms with van der Waals surface area (Å²) >= 11 is 1.49. The molecule has 168 valence electrons. The maximum absolute atomic E-state index is 12.9. The van der Waals surface area contributed by atoms with E-state index < -0.39 is 15.6 Å². The monoisotopic (exact) mass is 479 g/mol. The maximum atomic E-state index is 12.9. The number of para-hydroxylation sites is 1. The molecule has 1 atom stereocenters. The number of aliphatic imine (C=N–C) groups is 1. The summed E-state index contributed by atoms with van der Waals surface area (Å²) in [5, 5.41) is 6.58. The van der Waals surface area contributed by atoms with Crippen LogP contribution in [0, 0.1) is 0 Å². The Labute approximate surface area is 194 Å². The van der Waals surface area contributed by atoms with Crippen LogP contribution in [0.15, 0.2) is 65.0 Å². The van der Waals surface area contributed by atoms with Gasteiger partial charge in [-0.3, -0.25) is 4.79 Å². The molecule has 0 bridgehead atoms. The van der Waals surface area contributed by atoms with E-state index in [2.05, 4.69) is 15.3 Å². The predicted molar refractivity (Wildman–Crippen MR) is 132 cm³/mol. The highest BCUT2D eigenvalue weighted by atomic mass is 32.2. The molecule has 0 aliphatic carbocycles. The van der Waals surface area contributed by atoms with E-state index in [9.17, 15) is 13.2 Å². The molecule has 3 N–H and O–H groups in total. The van der Waals surface area contributed by atoms with Gasteiger partial charge in [0, 0.05) is 28.2 Å². The zero-order valence-electron chi connectivity index (χ0n) is 17.9. The minimum atomic E-state index is -3.59. The third-order valence-corrected chi connectivity index (χ3v) is 8.72. The van der Waals surface area contributed by atoms with Gasteiger partial charge in [-0.15, -0.1) is 11.3 Å². The standard InChI is InChI=1S/C23H21N5O3S2/c1-23(13-33(30,31)28(2)22(24)27-23)17-12-32-20-10-8-15(11-16(17)20)25-21(29)19-9-7-14-5-3-4-6-18(14)26-19/h3-12H,13H2,1-2H3,(H2,24,27)(H,25,29)/t23-/m0/s1. The molecule has 8 nitrogen and oxygen atoms in total. The second kappa shape index (κ2) is 7.53. The average molecular weight is 480 g/mol. The number of anilines is 1. The molecule has 1 aliphatic rings. The largest absolute Gasteiger partial charge is 0.369 e. The van der Waals surface area contributed by atoms with E-state index in [1.54, 1.807) is 13.0 Å². The van der Waals surface area contributed by atoms with Gasteiger partial charge >= 0.3 is 0 Å². The van der Waals surface area contributed by atoms with Crippen molar-refractivity contribution in [3.8, 4) is 0 Å². The lowest BCUT2D eigenvalue weighted by Gasteiger charge is -2.34. The third-order valence-electron chi connectivity index (χ3n) is 5.81. The molecule has 2 aromatic heterocycles. The number of hydrogen-bond acceptors (Lipinski definition) is 7. The van der Waals surface area contributed by atoms with Crippen LogP contribution in [-0.2, 0) is 15.6 Å². The summed E-state index contributed by atoms with van der Waals surface area (Å²) < 4.78 is 27.2. The van der Waals surface area contributed by atoms with Gasteiger partial charge in [-0.1, -0.05) is 24.3 Å². The fourth-order valence-corrected chi connectivity index (χ4v) is 6.52. The summed E-state index contributed by atoms with van der Waals surface area (Å²) in [4.78, 5) is 21.8. The van der Waals surface area contributed by atoms with Gasteiger partial charge in [-0.25, -0.2) is 22.7 Å². The number of hydrogen-bond donors (Lipinski definition) is 2. The Kier molecular flexibility index (Phi) is 4.87. The van der Waals surface area contributed by atoms with Crippen molar-refractivity contribution in [3.63, 3.8) is 0 Å². The molecule has 1 aliphatic heterocycles. The zero-order valence-corrected chi connectivity index (χ0v) is 19.6. The lowest BCUT2D eigenvalue weighted by molar-refractivity contribution is 0.102. The number of nitrogens with two attached hydrogens (primary N) is 1. The molecule has 0 spiro atoms. The highest BCUT2D eigenvalue weighted by Crippen LogP contribution is 2.40. The number of nitrogens with zero attached hydrogens (tertiary/aromatic N) is 3. The summed E-state index contributed by atoms with van der Waals surface area (Å²) in [7, 11) is -2.20. The number of sulfonamides is 1. The van der Waals surface area contributed by atoms with Crippen LogP contribution < -0.4 is 11.1 Å². The normalized spacial score (nSPS) is 20.1. The van der Waals surface area contributed by atoms with Crippen LogP contribution in [0.5, 0.6) is 0 Å². The van der Waals surface area contributed by atoms with Gasteiger partial charge in [0.15, 0.2) is 0 Å². The zero-order chi connectivity index (χ0) is 23.4. The topological polar surface area (TPSA) is 118 Å². The highest BCUT2D eigenvalue weighted by molar-refractivity contribution is 7.89. The van der Waals surface area contributed by atoms with Crippen LogP contribution in [0.2, 0.25) is 0 Å². The van der Waals surface area contributed by atoms with Crippen molar-refractivity contribution in [1.29, 1.82) is 0 Å². The molecular weight excluding hydrogens is 458 g/mol. The number of amides is 1. The fraction of sp³-hybridized carbons (Fsp3) is 0.174. The van der Waals surface area contributed by atoms with Crippen molar-refractivity contribution in [1.82, 2.24) is 9.29 Å². The molecule has 4 aromatic rings. The minimum Gasteiger partial charge on any atom is -0.369 e. The highest BCUT2D eigenvalue weighted by Gasteiger charge is 2.41. The lowest BCUT2D eigenvalue weighted by atomic mass is 9.94. The summed E-state index contributed by atoms with van der Waals surface area (Å²) in [6.07, 6.45) is 0. The number of thiophene rings is 1. The number of rotatable bonds is 3. The quantitative estimate of drug-likeness (QED) is 0.466. The van der Waals surface area contributed by atoms with Crippen LogP contribution in [0.1, 0.15) is 23.0 Å².